The van der Waals surface area contributed by atoms with Crippen LogP contribution >= 0.6 is 0 Å². The second kappa shape index (κ2) is 8.01. The predicted octanol–water partition coefficient (Wildman–Crippen LogP) is 2.72. The molecule has 2 heterocycles. The summed E-state index contributed by atoms with van der Waals surface area (Å²) < 4.78 is 0. The van der Waals surface area contributed by atoms with E-state index in [4.69, 9.17) is 0 Å². The van der Waals surface area contributed by atoms with Crippen molar-refractivity contribution in [3.63, 3.8) is 0 Å². The Morgan fingerprint density at radius 1 is 1.00 bits per heavy atom. The number of nitrogens with one attached hydrogen (secondary N) is 2. The molecule has 0 aliphatic heterocycles. The molecule has 0 unspecified atom stereocenters. The Bertz CT molecular complexity index is 837. The molecule has 6 heteroatoms. The van der Waals surface area contributed by atoms with Crippen LogP contribution < -0.4 is 10.6 Å². The average molecular weight is 333 g/mol. The molecule has 0 radical (unpaired) electrons. The molecule has 0 spiro atoms. The van der Waals surface area contributed by atoms with Gasteiger partial charge in [-0.25, -0.2) is 9.97 Å². The van der Waals surface area contributed by atoms with Crippen LogP contribution in [-0.2, 0) is 13.1 Å². The van der Waals surface area contributed by atoms with Gasteiger partial charge in [0, 0.05) is 18.8 Å². The molecule has 0 saturated heterocycles. The van der Waals surface area contributed by atoms with Crippen molar-refractivity contribution in [3.05, 3.63) is 83.6 Å². The lowest BCUT2D eigenvalue weighted by Crippen LogP contribution is -2.24. The lowest BCUT2D eigenvalue weighted by molar-refractivity contribution is 0.0945. The summed E-state index contributed by atoms with van der Waals surface area (Å²) in [6.07, 6.45) is 1.74. The van der Waals surface area contributed by atoms with Crippen molar-refractivity contribution >= 4 is 11.7 Å². The highest BCUT2D eigenvalue weighted by atomic mass is 16.1. The second-order valence-corrected chi connectivity index (χ2v) is 5.53. The molecule has 0 fully saturated rings. The van der Waals surface area contributed by atoms with Crippen LogP contribution in [0.25, 0.3) is 0 Å². The fraction of sp³-hybridized carbons (Fsp3) is 0.158. The second-order valence-electron chi connectivity index (χ2n) is 5.53. The third-order valence-electron chi connectivity index (χ3n) is 3.54. The molecule has 2 aromatic heterocycles. The maximum absolute atomic E-state index is 12.4. The average Bonchev–Trinajstić information content (AvgIpc) is 2.66. The molecule has 1 aromatic carbocycles. The van der Waals surface area contributed by atoms with Crippen molar-refractivity contribution in [3.8, 4) is 0 Å². The molecule has 2 N–H and O–H groups in total. The van der Waals surface area contributed by atoms with E-state index in [0.29, 0.717) is 30.4 Å². The Hall–Kier alpha value is -3.28. The quantitative estimate of drug-likeness (QED) is 0.725. The minimum atomic E-state index is -0.227. The predicted molar refractivity (Wildman–Crippen MR) is 95.9 cm³/mol. The number of anilines is 1. The van der Waals surface area contributed by atoms with Gasteiger partial charge in [-0.3, -0.25) is 9.78 Å². The van der Waals surface area contributed by atoms with Gasteiger partial charge in [-0.2, -0.15) is 0 Å². The van der Waals surface area contributed by atoms with Gasteiger partial charge in [0.2, 0.25) is 0 Å². The van der Waals surface area contributed by atoms with Crippen molar-refractivity contribution in [2.24, 2.45) is 0 Å². The highest BCUT2D eigenvalue weighted by Gasteiger charge is 2.10. The van der Waals surface area contributed by atoms with E-state index in [-0.39, 0.29) is 5.91 Å². The topological polar surface area (TPSA) is 79.8 Å². The molecular formula is C19H19N5O. The summed E-state index contributed by atoms with van der Waals surface area (Å²) in [4.78, 5) is 25.1. The van der Waals surface area contributed by atoms with E-state index in [1.165, 1.54) is 0 Å². The third-order valence-corrected chi connectivity index (χ3v) is 3.54. The van der Waals surface area contributed by atoms with Crippen LogP contribution in [0.15, 0.2) is 60.8 Å². The maximum atomic E-state index is 12.4. The van der Waals surface area contributed by atoms with Crippen LogP contribution in [0.3, 0.4) is 0 Å². The van der Waals surface area contributed by atoms with Gasteiger partial charge in [0.05, 0.1) is 12.2 Å². The van der Waals surface area contributed by atoms with E-state index in [9.17, 15) is 4.79 Å². The Balaban J connectivity index is 1.65. The Kier molecular flexibility index (Phi) is 5.31. The zero-order valence-corrected chi connectivity index (χ0v) is 13.9. The first kappa shape index (κ1) is 16.6. The molecule has 0 aliphatic rings. The number of benzene rings is 1. The van der Waals surface area contributed by atoms with E-state index in [0.717, 1.165) is 11.3 Å². The first-order valence-corrected chi connectivity index (χ1v) is 8.02. The van der Waals surface area contributed by atoms with Gasteiger partial charge >= 0.3 is 0 Å². The molecule has 6 nitrogen and oxygen atoms in total. The molecule has 0 atom stereocenters. The number of hydrogen-bond donors (Lipinski definition) is 2. The maximum Gasteiger partial charge on any atom is 0.270 e. The fourth-order valence-corrected chi connectivity index (χ4v) is 2.33. The molecule has 0 saturated carbocycles. The Morgan fingerprint density at radius 2 is 1.80 bits per heavy atom. The molecular weight excluding hydrogens is 314 g/mol. The highest BCUT2D eigenvalue weighted by molar-refractivity contribution is 5.92. The fourth-order valence-electron chi connectivity index (χ4n) is 2.33. The standard InChI is InChI=1S/C19H19N5O/c1-14-23-17(19(25)22-12-15-7-3-2-4-8-15)11-18(24-14)21-13-16-9-5-6-10-20-16/h2-11H,12-13H2,1H3,(H,22,25)(H,21,23,24). The van der Waals surface area contributed by atoms with Crippen molar-refractivity contribution in [1.29, 1.82) is 0 Å². The molecule has 0 aliphatic carbocycles. The highest BCUT2D eigenvalue weighted by Crippen LogP contribution is 2.09. The number of rotatable bonds is 6. The van der Waals surface area contributed by atoms with Gasteiger partial charge in [0.15, 0.2) is 0 Å². The van der Waals surface area contributed by atoms with Crippen molar-refractivity contribution in [2.45, 2.75) is 20.0 Å². The first-order chi connectivity index (χ1) is 12.2. The minimum Gasteiger partial charge on any atom is -0.364 e. The largest absolute Gasteiger partial charge is 0.364 e. The van der Waals surface area contributed by atoms with Gasteiger partial charge < -0.3 is 10.6 Å². The third kappa shape index (κ3) is 4.84. The molecule has 1 amide bonds. The van der Waals surface area contributed by atoms with Gasteiger partial charge in [-0.05, 0) is 24.6 Å². The zero-order chi connectivity index (χ0) is 17.5. The van der Waals surface area contributed by atoms with Crippen LogP contribution in [0.1, 0.15) is 27.6 Å². The van der Waals surface area contributed by atoms with E-state index >= 15 is 0 Å². The van der Waals surface area contributed by atoms with Gasteiger partial charge in [0.1, 0.15) is 17.3 Å². The summed E-state index contributed by atoms with van der Waals surface area (Å²) in [7, 11) is 0. The summed E-state index contributed by atoms with van der Waals surface area (Å²) in [6, 6.07) is 17.1. The van der Waals surface area contributed by atoms with Crippen molar-refractivity contribution < 1.29 is 4.79 Å². The summed E-state index contributed by atoms with van der Waals surface area (Å²) in [5.41, 5.74) is 2.27. The number of aryl methyl sites for hydroxylation is 1. The number of hydrogen-bond acceptors (Lipinski definition) is 5. The SMILES string of the molecule is Cc1nc(NCc2ccccn2)cc(C(=O)NCc2ccccc2)n1. The van der Waals surface area contributed by atoms with Crippen LogP contribution in [-0.4, -0.2) is 20.9 Å². The van der Waals surface area contributed by atoms with Crippen LogP contribution in [0.4, 0.5) is 5.82 Å². The lowest BCUT2D eigenvalue weighted by atomic mass is 10.2. The molecule has 126 valence electrons. The van der Waals surface area contributed by atoms with E-state index in [1.54, 1.807) is 19.2 Å². The minimum absolute atomic E-state index is 0.227. The molecule has 0 bridgehead atoms. The van der Waals surface area contributed by atoms with Crippen LogP contribution in [0.5, 0.6) is 0 Å². The van der Waals surface area contributed by atoms with Gasteiger partial charge in [-0.1, -0.05) is 36.4 Å². The number of carbonyl (C=O) groups is 1. The van der Waals surface area contributed by atoms with E-state index < -0.39 is 0 Å². The Labute approximate surface area is 146 Å². The normalized spacial score (nSPS) is 10.3. The summed E-state index contributed by atoms with van der Waals surface area (Å²) in [6.45, 7) is 2.75. The van der Waals surface area contributed by atoms with Gasteiger partial charge in [0.25, 0.3) is 5.91 Å². The molecule has 25 heavy (non-hydrogen) atoms. The van der Waals surface area contributed by atoms with E-state index in [2.05, 4.69) is 25.6 Å². The summed E-state index contributed by atoms with van der Waals surface area (Å²) >= 11 is 0. The van der Waals surface area contributed by atoms with Crippen LogP contribution in [0, 0.1) is 6.92 Å². The zero-order valence-electron chi connectivity index (χ0n) is 13.9. The Morgan fingerprint density at radius 3 is 2.56 bits per heavy atom. The van der Waals surface area contributed by atoms with Crippen molar-refractivity contribution in [1.82, 2.24) is 20.3 Å². The number of pyridine rings is 1. The smallest absolute Gasteiger partial charge is 0.270 e. The van der Waals surface area contributed by atoms with Crippen molar-refractivity contribution in [2.75, 3.05) is 5.32 Å². The van der Waals surface area contributed by atoms with Crippen LogP contribution in [0.2, 0.25) is 0 Å². The van der Waals surface area contributed by atoms with E-state index in [1.807, 2.05) is 48.5 Å². The monoisotopic (exact) mass is 333 g/mol. The molecule has 3 rings (SSSR count). The summed E-state index contributed by atoms with van der Waals surface area (Å²) in [5.74, 6) is 0.911. The molecule has 3 aromatic rings. The number of aromatic nitrogens is 3. The first-order valence-electron chi connectivity index (χ1n) is 8.02. The lowest BCUT2D eigenvalue weighted by Gasteiger charge is -2.09. The number of nitrogens with zero attached hydrogens (tertiary/aromatic N) is 3. The number of amides is 1. The number of carbonyl (C=O) groups excluding carboxylic acids is 1. The van der Waals surface area contributed by atoms with Gasteiger partial charge in [-0.15, -0.1) is 0 Å². The summed E-state index contributed by atoms with van der Waals surface area (Å²) in [5, 5.41) is 6.05.